The lowest BCUT2D eigenvalue weighted by Gasteiger charge is -2.22. The molecule has 2 aromatic rings. The second kappa shape index (κ2) is 10.2. The molecule has 1 N–H and O–H groups in total. The number of aryl methyl sites for hydroxylation is 1. The zero-order valence-electron chi connectivity index (χ0n) is 19.5. The van der Waals surface area contributed by atoms with Crippen LogP contribution in [0.15, 0.2) is 65.4 Å². The number of nitrogens with one attached hydrogen (secondary N) is 1. The van der Waals surface area contributed by atoms with Gasteiger partial charge in [-0.15, -0.1) is 0 Å². The Labute approximate surface area is 193 Å². The van der Waals surface area contributed by atoms with E-state index < -0.39 is 5.97 Å². The minimum absolute atomic E-state index is 0.0927. The largest absolute Gasteiger partial charge is 0.484 e. The number of amides is 2. The molecule has 0 spiro atoms. The third-order valence-electron chi connectivity index (χ3n) is 5.24. The number of methoxy groups -OCH3 is 1. The number of allylic oxidation sites excluding steroid dienone is 1. The number of rotatable bonds is 7. The fourth-order valence-corrected chi connectivity index (χ4v) is 3.63. The van der Waals surface area contributed by atoms with Crippen molar-refractivity contribution in [2.24, 2.45) is 0 Å². The van der Waals surface area contributed by atoms with E-state index in [0.717, 1.165) is 11.1 Å². The summed E-state index contributed by atoms with van der Waals surface area (Å²) in [5, 5.41) is 2.78. The number of carbonyl (C=O) groups excluding carboxylic acids is 3. The molecule has 0 aliphatic carbocycles. The molecule has 1 aliphatic heterocycles. The molecule has 7 heteroatoms. The minimum atomic E-state index is -0.546. The SMILES string of the molecule is COC(=O)C1=C(C)N(C(C)C)C(=O)/C1=C\c1ccc(OCC(=O)Nc2ccc(C)cc2)cc1. The molecule has 33 heavy (non-hydrogen) atoms. The molecule has 0 unspecified atom stereocenters. The van der Waals surface area contributed by atoms with Gasteiger partial charge in [-0.25, -0.2) is 4.79 Å². The molecule has 0 aromatic heterocycles. The number of esters is 1. The van der Waals surface area contributed by atoms with E-state index in [-0.39, 0.29) is 30.0 Å². The first-order valence-corrected chi connectivity index (χ1v) is 10.7. The highest BCUT2D eigenvalue weighted by Crippen LogP contribution is 2.33. The first kappa shape index (κ1) is 23.8. The van der Waals surface area contributed by atoms with Crippen molar-refractivity contribution < 1.29 is 23.9 Å². The lowest BCUT2D eigenvalue weighted by molar-refractivity contribution is -0.136. The third kappa shape index (κ3) is 5.49. The molecule has 1 aliphatic rings. The predicted molar refractivity (Wildman–Crippen MR) is 126 cm³/mol. The van der Waals surface area contributed by atoms with Gasteiger partial charge in [-0.1, -0.05) is 29.8 Å². The smallest absolute Gasteiger partial charge is 0.340 e. The van der Waals surface area contributed by atoms with Crippen LogP contribution in [0.2, 0.25) is 0 Å². The molecule has 0 fully saturated rings. The molecular formula is C26H28N2O5. The normalized spacial score (nSPS) is 14.8. The van der Waals surface area contributed by atoms with Crippen molar-refractivity contribution >= 4 is 29.5 Å². The van der Waals surface area contributed by atoms with Gasteiger partial charge >= 0.3 is 5.97 Å². The Morgan fingerprint density at radius 3 is 2.24 bits per heavy atom. The molecule has 172 valence electrons. The van der Waals surface area contributed by atoms with Crippen molar-refractivity contribution in [2.75, 3.05) is 19.0 Å². The van der Waals surface area contributed by atoms with Crippen molar-refractivity contribution in [2.45, 2.75) is 33.7 Å². The van der Waals surface area contributed by atoms with Crippen molar-refractivity contribution in [1.82, 2.24) is 4.90 Å². The Hall–Kier alpha value is -3.87. The van der Waals surface area contributed by atoms with Gasteiger partial charge in [0.25, 0.3) is 11.8 Å². The summed E-state index contributed by atoms with van der Waals surface area (Å²) >= 11 is 0. The molecule has 7 nitrogen and oxygen atoms in total. The first-order valence-electron chi connectivity index (χ1n) is 10.7. The fourth-order valence-electron chi connectivity index (χ4n) is 3.63. The van der Waals surface area contributed by atoms with Crippen LogP contribution in [0.25, 0.3) is 6.08 Å². The quantitative estimate of drug-likeness (QED) is 0.509. The summed E-state index contributed by atoms with van der Waals surface area (Å²) in [5.74, 6) is -0.540. The lowest BCUT2D eigenvalue weighted by Crippen LogP contribution is -2.31. The van der Waals surface area contributed by atoms with Gasteiger partial charge in [-0.05, 0) is 63.6 Å². The van der Waals surface area contributed by atoms with Crippen LogP contribution in [0.1, 0.15) is 31.9 Å². The monoisotopic (exact) mass is 448 g/mol. The molecule has 0 atom stereocenters. The maximum absolute atomic E-state index is 12.9. The van der Waals surface area contributed by atoms with E-state index in [1.54, 1.807) is 42.2 Å². The molecule has 0 saturated carbocycles. The molecule has 0 radical (unpaired) electrons. The summed E-state index contributed by atoms with van der Waals surface area (Å²) < 4.78 is 10.5. The summed E-state index contributed by atoms with van der Waals surface area (Å²) in [6, 6.07) is 14.3. The number of carbonyl (C=O) groups is 3. The van der Waals surface area contributed by atoms with Gasteiger partial charge in [0.1, 0.15) is 5.75 Å². The maximum atomic E-state index is 12.9. The number of anilines is 1. The highest BCUT2D eigenvalue weighted by Gasteiger charge is 2.38. The minimum Gasteiger partial charge on any atom is -0.484 e. The zero-order chi connectivity index (χ0) is 24.1. The zero-order valence-corrected chi connectivity index (χ0v) is 19.5. The lowest BCUT2D eigenvalue weighted by atomic mass is 10.0. The molecule has 0 saturated heterocycles. The third-order valence-corrected chi connectivity index (χ3v) is 5.24. The standard InChI is InChI=1S/C26H28N2O5/c1-16(2)28-18(4)24(26(31)32-5)22(25(28)30)14-19-8-12-21(13-9-19)33-15-23(29)27-20-10-6-17(3)7-11-20/h6-14,16H,15H2,1-5H3,(H,27,29)/b22-14-. The number of hydrogen-bond acceptors (Lipinski definition) is 5. The number of hydrogen-bond donors (Lipinski definition) is 1. The number of nitrogens with zero attached hydrogens (tertiary/aromatic N) is 1. The summed E-state index contributed by atoms with van der Waals surface area (Å²) in [5.41, 5.74) is 3.67. The van der Waals surface area contributed by atoms with Crippen LogP contribution in [0.3, 0.4) is 0 Å². The van der Waals surface area contributed by atoms with E-state index in [4.69, 9.17) is 9.47 Å². The Morgan fingerprint density at radius 1 is 1.03 bits per heavy atom. The van der Waals surface area contributed by atoms with Crippen LogP contribution in [-0.4, -0.2) is 42.4 Å². The topological polar surface area (TPSA) is 84.9 Å². The first-order chi connectivity index (χ1) is 15.7. The van der Waals surface area contributed by atoms with E-state index in [1.807, 2.05) is 45.0 Å². The summed E-state index contributed by atoms with van der Waals surface area (Å²) in [6.45, 7) is 7.36. The number of ether oxygens (including phenoxy) is 2. The van der Waals surface area contributed by atoms with Gasteiger partial charge in [0.15, 0.2) is 6.61 Å². The average Bonchev–Trinajstić information content (AvgIpc) is 3.03. The van der Waals surface area contributed by atoms with Crippen molar-refractivity contribution in [3.05, 3.63) is 76.5 Å². The van der Waals surface area contributed by atoms with Crippen LogP contribution < -0.4 is 10.1 Å². The fraction of sp³-hybridized carbons (Fsp3) is 0.269. The summed E-state index contributed by atoms with van der Waals surface area (Å²) in [4.78, 5) is 39.0. The van der Waals surface area contributed by atoms with Crippen molar-refractivity contribution in [3.63, 3.8) is 0 Å². The van der Waals surface area contributed by atoms with Gasteiger partial charge in [-0.2, -0.15) is 0 Å². The highest BCUT2D eigenvalue weighted by molar-refractivity contribution is 6.16. The van der Waals surface area contributed by atoms with Gasteiger partial charge in [-0.3, -0.25) is 9.59 Å². The van der Waals surface area contributed by atoms with Crippen molar-refractivity contribution in [3.8, 4) is 5.75 Å². The van der Waals surface area contributed by atoms with E-state index in [2.05, 4.69) is 5.32 Å². The Kier molecular flexibility index (Phi) is 7.33. The Morgan fingerprint density at radius 2 is 1.67 bits per heavy atom. The summed E-state index contributed by atoms with van der Waals surface area (Å²) in [7, 11) is 1.30. The van der Waals surface area contributed by atoms with E-state index in [0.29, 0.717) is 22.7 Å². The van der Waals surface area contributed by atoms with Crippen LogP contribution in [0.4, 0.5) is 5.69 Å². The van der Waals surface area contributed by atoms with Crippen molar-refractivity contribution in [1.29, 1.82) is 0 Å². The molecule has 2 amide bonds. The maximum Gasteiger partial charge on any atom is 0.340 e. The molecule has 0 bridgehead atoms. The van der Waals surface area contributed by atoms with Gasteiger partial charge in [0.05, 0.1) is 18.3 Å². The van der Waals surface area contributed by atoms with Gasteiger partial charge < -0.3 is 19.7 Å². The van der Waals surface area contributed by atoms with Gasteiger partial charge in [0, 0.05) is 17.4 Å². The molecule has 3 rings (SSSR count). The van der Waals surface area contributed by atoms with Crippen LogP contribution in [0.5, 0.6) is 5.75 Å². The highest BCUT2D eigenvalue weighted by atomic mass is 16.5. The van der Waals surface area contributed by atoms with E-state index in [1.165, 1.54) is 7.11 Å². The van der Waals surface area contributed by atoms with Gasteiger partial charge in [0.2, 0.25) is 0 Å². The second-order valence-corrected chi connectivity index (χ2v) is 8.05. The second-order valence-electron chi connectivity index (χ2n) is 8.05. The molecule has 2 aromatic carbocycles. The Balaban J connectivity index is 1.70. The predicted octanol–water partition coefficient (Wildman–Crippen LogP) is 4.09. The molecule has 1 heterocycles. The van der Waals surface area contributed by atoms with Crippen LogP contribution in [0, 0.1) is 6.92 Å². The summed E-state index contributed by atoms with van der Waals surface area (Å²) in [6.07, 6.45) is 1.66. The Bertz CT molecular complexity index is 1110. The van der Waals surface area contributed by atoms with E-state index in [9.17, 15) is 14.4 Å². The van der Waals surface area contributed by atoms with Crippen LogP contribution in [-0.2, 0) is 19.1 Å². The average molecular weight is 449 g/mol. The molecular weight excluding hydrogens is 420 g/mol. The van der Waals surface area contributed by atoms with E-state index >= 15 is 0 Å². The number of benzene rings is 2. The van der Waals surface area contributed by atoms with Crippen LogP contribution >= 0.6 is 0 Å².